The first-order valence-corrected chi connectivity index (χ1v) is 8.31. The average molecular weight is 385 g/mol. The number of carbonyl (C=O) groups is 1. The van der Waals surface area contributed by atoms with Crippen LogP contribution in [-0.4, -0.2) is 52.3 Å². The molecule has 1 aliphatic rings. The normalized spacial score (nSPS) is 16.4. The molecule has 1 fully saturated rings. The summed E-state index contributed by atoms with van der Waals surface area (Å²) in [5.41, 5.74) is 1.13. The minimum Gasteiger partial charge on any atom is -0.486 e. The number of hydrogen-bond donors (Lipinski definition) is 0. The molecule has 7 nitrogen and oxygen atoms in total. The molecule has 0 N–H and O–H groups in total. The quantitative estimate of drug-likeness (QED) is 0.682. The van der Waals surface area contributed by atoms with Gasteiger partial charge < -0.3 is 14.2 Å². The Morgan fingerprint density at radius 1 is 1.30 bits per heavy atom. The van der Waals surface area contributed by atoms with E-state index in [2.05, 4.69) is 10.1 Å². The predicted octanol–water partition coefficient (Wildman–Crippen LogP) is 2.60. The van der Waals surface area contributed by atoms with Gasteiger partial charge in [-0.3, -0.25) is 14.5 Å². The monoisotopic (exact) mass is 385 g/mol. The minimum absolute atomic E-state index is 0.00657. The standard InChI is InChI=1S/C17H18F3N3O4/c1-2-15(24)12-7-22-23(9-12)10-13-3-4-14(8-21-13)25-11-16(17(18,19)20)26-5-6-27-16/h3-4,7-9H,2,5-6,10-11H2,1H3. The summed E-state index contributed by atoms with van der Waals surface area (Å²) < 4.78 is 55.6. The molecule has 27 heavy (non-hydrogen) atoms. The van der Waals surface area contributed by atoms with Crippen molar-refractivity contribution in [2.24, 2.45) is 0 Å². The van der Waals surface area contributed by atoms with E-state index >= 15 is 0 Å². The third-order valence-electron chi connectivity index (χ3n) is 4.01. The van der Waals surface area contributed by atoms with Gasteiger partial charge in [0.05, 0.1) is 43.4 Å². The van der Waals surface area contributed by atoms with Gasteiger partial charge in [0.2, 0.25) is 0 Å². The summed E-state index contributed by atoms with van der Waals surface area (Å²) in [4.78, 5) is 15.8. The van der Waals surface area contributed by atoms with E-state index in [-0.39, 0.29) is 24.7 Å². The summed E-state index contributed by atoms with van der Waals surface area (Å²) in [5.74, 6) is -2.60. The number of aromatic nitrogens is 3. The maximum atomic E-state index is 13.1. The van der Waals surface area contributed by atoms with Gasteiger partial charge in [0, 0.05) is 12.6 Å². The summed E-state index contributed by atoms with van der Waals surface area (Å²) in [6.07, 6.45) is 0.116. The minimum atomic E-state index is -4.70. The zero-order valence-electron chi connectivity index (χ0n) is 14.5. The first-order chi connectivity index (χ1) is 12.8. The number of hydrogen-bond acceptors (Lipinski definition) is 6. The molecule has 2 aromatic heterocycles. The van der Waals surface area contributed by atoms with Gasteiger partial charge in [-0.2, -0.15) is 18.3 Å². The van der Waals surface area contributed by atoms with Gasteiger partial charge in [0.1, 0.15) is 5.75 Å². The van der Waals surface area contributed by atoms with E-state index in [0.717, 1.165) is 0 Å². The Hall–Kier alpha value is -2.46. The van der Waals surface area contributed by atoms with Crippen molar-refractivity contribution in [1.29, 1.82) is 0 Å². The van der Waals surface area contributed by atoms with E-state index in [1.807, 2.05) is 0 Å². The highest BCUT2D eigenvalue weighted by Gasteiger charge is 2.61. The molecule has 0 atom stereocenters. The molecule has 0 amide bonds. The molecule has 0 unspecified atom stereocenters. The van der Waals surface area contributed by atoms with E-state index in [4.69, 9.17) is 14.2 Å². The molecule has 146 valence electrons. The topological polar surface area (TPSA) is 75.5 Å². The number of nitrogens with zero attached hydrogens (tertiary/aromatic N) is 3. The highest BCUT2D eigenvalue weighted by molar-refractivity contribution is 5.95. The van der Waals surface area contributed by atoms with E-state index in [9.17, 15) is 18.0 Å². The van der Waals surface area contributed by atoms with Gasteiger partial charge in [-0.05, 0) is 12.1 Å². The van der Waals surface area contributed by atoms with Crippen LogP contribution in [0.1, 0.15) is 29.4 Å². The first kappa shape index (κ1) is 19.3. The molecule has 1 saturated heterocycles. The number of halogens is 3. The maximum absolute atomic E-state index is 13.1. The van der Waals surface area contributed by atoms with Crippen molar-refractivity contribution >= 4 is 5.78 Å². The predicted molar refractivity (Wildman–Crippen MR) is 86.4 cm³/mol. The number of carbonyl (C=O) groups excluding carboxylic acids is 1. The van der Waals surface area contributed by atoms with Crippen LogP contribution in [0.2, 0.25) is 0 Å². The van der Waals surface area contributed by atoms with Crippen molar-refractivity contribution < 1.29 is 32.2 Å². The second-order valence-electron chi connectivity index (χ2n) is 5.92. The van der Waals surface area contributed by atoms with Crippen molar-refractivity contribution in [1.82, 2.24) is 14.8 Å². The van der Waals surface area contributed by atoms with Gasteiger partial charge in [-0.1, -0.05) is 6.92 Å². The SMILES string of the molecule is CCC(=O)c1cnn(Cc2ccc(OCC3(C(F)(F)F)OCCO3)cn2)c1. The summed E-state index contributed by atoms with van der Waals surface area (Å²) in [5, 5.41) is 4.09. The lowest BCUT2D eigenvalue weighted by Gasteiger charge is -2.29. The van der Waals surface area contributed by atoms with Gasteiger partial charge in [-0.15, -0.1) is 0 Å². The Kier molecular flexibility index (Phi) is 5.47. The van der Waals surface area contributed by atoms with Crippen LogP contribution in [0.25, 0.3) is 0 Å². The first-order valence-electron chi connectivity index (χ1n) is 8.31. The van der Waals surface area contributed by atoms with Gasteiger partial charge in [0.15, 0.2) is 12.4 Å². The summed E-state index contributed by atoms with van der Waals surface area (Å²) in [6, 6.07) is 3.11. The van der Waals surface area contributed by atoms with Crippen molar-refractivity contribution in [3.05, 3.63) is 42.0 Å². The van der Waals surface area contributed by atoms with Crippen LogP contribution in [0, 0.1) is 0 Å². The zero-order valence-corrected chi connectivity index (χ0v) is 14.5. The fourth-order valence-corrected chi connectivity index (χ4v) is 2.52. The molecule has 2 aromatic rings. The lowest BCUT2D eigenvalue weighted by Crippen LogP contribution is -2.51. The van der Waals surface area contributed by atoms with Crippen LogP contribution < -0.4 is 4.74 Å². The zero-order chi connectivity index (χ0) is 19.5. The number of ketones is 1. The maximum Gasteiger partial charge on any atom is 0.447 e. The lowest BCUT2D eigenvalue weighted by atomic mass is 10.2. The molecular weight excluding hydrogens is 367 g/mol. The van der Waals surface area contributed by atoms with Crippen LogP contribution in [0.3, 0.4) is 0 Å². The molecule has 3 heterocycles. The number of alkyl halides is 3. The number of rotatable bonds is 7. The number of Topliss-reactive ketones (excluding diaryl/α,β-unsaturated/α-hetero) is 1. The molecule has 10 heteroatoms. The van der Waals surface area contributed by atoms with Gasteiger partial charge in [0.25, 0.3) is 0 Å². The summed E-state index contributed by atoms with van der Waals surface area (Å²) in [6.45, 7) is 0.971. The largest absolute Gasteiger partial charge is 0.486 e. The Bertz CT molecular complexity index is 783. The fraction of sp³-hybridized carbons (Fsp3) is 0.471. The Morgan fingerprint density at radius 2 is 2.04 bits per heavy atom. The highest BCUT2D eigenvalue weighted by Crippen LogP contribution is 2.38. The highest BCUT2D eigenvalue weighted by atomic mass is 19.4. The van der Waals surface area contributed by atoms with Crippen LogP contribution in [0.15, 0.2) is 30.7 Å². The van der Waals surface area contributed by atoms with Gasteiger partial charge >= 0.3 is 12.0 Å². The third-order valence-corrected chi connectivity index (χ3v) is 4.01. The van der Waals surface area contributed by atoms with Crippen LogP contribution in [0.4, 0.5) is 13.2 Å². The average Bonchev–Trinajstić information content (AvgIpc) is 3.30. The van der Waals surface area contributed by atoms with E-state index in [1.54, 1.807) is 23.9 Å². The third kappa shape index (κ3) is 4.28. The second kappa shape index (κ2) is 7.65. The molecule has 0 spiro atoms. The van der Waals surface area contributed by atoms with Gasteiger partial charge in [-0.25, -0.2) is 0 Å². The number of ether oxygens (including phenoxy) is 3. The molecular formula is C17H18F3N3O4. The molecule has 0 aromatic carbocycles. The smallest absolute Gasteiger partial charge is 0.447 e. The van der Waals surface area contributed by atoms with E-state index in [0.29, 0.717) is 24.2 Å². The summed E-state index contributed by atoms with van der Waals surface area (Å²) in [7, 11) is 0. The Balaban J connectivity index is 1.60. The van der Waals surface area contributed by atoms with Crippen LogP contribution in [-0.2, 0) is 16.0 Å². The van der Waals surface area contributed by atoms with E-state index < -0.39 is 18.6 Å². The van der Waals surface area contributed by atoms with Crippen molar-refractivity contribution in [3.8, 4) is 5.75 Å². The fourth-order valence-electron chi connectivity index (χ4n) is 2.52. The molecule has 0 bridgehead atoms. The summed E-state index contributed by atoms with van der Waals surface area (Å²) >= 11 is 0. The van der Waals surface area contributed by atoms with Crippen molar-refractivity contribution in [2.75, 3.05) is 19.8 Å². The lowest BCUT2D eigenvalue weighted by molar-refractivity contribution is -0.350. The molecule has 0 radical (unpaired) electrons. The van der Waals surface area contributed by atoms with Crippen LogP contribution in [0.5, 0.6) is 5.75 Å². The van der Waals surface area contributed by atoms with Crippen molar-refractivity contribution in [3.63, 3.8) is 0 Å². The Labute approximate surface area is 153 Å². The molecule has 0 saturated carbocycles. The second-order valence-corrected chi connectivity index (χ2v) is 5.92. The molecule has 1 aliphatic heterocycles. The van der Waals surface area contributed by atoms with E-state index in [1.165, 1.54) is 18.5 Å². The van der Waals surface area contributed by atoms with Crippen LogP contribution >= 0.6 is 0 Å². The van der Waals surface area contributed by atoms with Crippen molar-refractivity contribution in [2.45, 2.75) is 31.9 Å². The molecule has 0 aliphatic carbocycles. The Morgan fingerprint density at radius 3 is 2.63 bits per heavy atom. The molecule has 3 rings (SSSR count). The number of pyridine rings is 1.